The van der Waals surface area contributed by atoms with Crippen molar-refractivity contribution in [2.24, 2.45) is 5.92 Å². The summed E-state index contributed by atoms with van der Waals surface area (Å²) in [5.41, 5.74) is 15.7. The molecule has 0 N–H and O–H groups in total. The Morgan fingerprint density at radius 1 is 0.719 bits per heavy atom. The molecule has 0 aliphatic heterocycles. The van der Waals surface area contributed by atoms with Gasteiger partial charge in [0.2, 0.25) is 5.71 Å². The van der Waals surface area contributed by atoms with Crippen molar-refractivity contribution in [1.29, 1.82) is 0 Å². The molecule has 0 fully saturated rings. The van der Waals surface area contributed by atoms with Crippen LogP contribution in [0.4, 0.5) is 0 Å². The van der Waals surface area contributed by atoms with E-state index in [0.29, 0.717) is 11.6 Å². The Morgan fingerprint density at radius 2 is 1.45 bits per heavy atom. The van der Waals surface area contributed by atoms with Crippen LogP contribution in [0.25, 0.3) is 83.6 Å². The molecule has 321 valence electrons. The molecule has 0 saturated carbocycles. The fourth-order valence-electron chi connectivity index (χ4n) is 9.17. The fraction of sp³-hybridized carbons (Fsp3) is 0.214. The van der Waals surface area contributed by atoms with Crippen LogP contribution >= 0.6 is 0 Å². The van der Waals surface area contributed by atoms with Gasteiger partial charge in [-0.15, -0.1) is 18.2 Å². The van der Waals surface area contributed by atoms with Gasteiger partial charge in [-0.3, -0.25) is 9.97 Å². The SMILES string of the molecule is CC(C)Cc1cc(-c2[c-]cc3c(c2)CCCC3)nc[c]1[Ge]([CH3])([CH3])[CH3].Cc1ccc2c(ccc3nc(-c4[c-]ccc5c4oc4nc(-c6ccccc6)ccc45)n(-c4ccccc4)c32)n1.[Ir]. The smallest absolute Gasteiger partial charge is 0.216 e. The van der Waals surface area contributed by atoms with E-state index in [0.717, 1.165) is 84.4 Å². The maximum atomic E-state index is 6.48. The summed E-state index contributed by atoms with van der Waals surface area (Å²) in [7, 11) is 0. The van der Waals surface area contributed by atoms with Gasteiger partial charge in [0.05, 0.1) is 33.7 Å². The zero-order chi connectivity index (χ0) is 43.2. The normalized spacial score (nSPS) is 12.7. The predicted molar refractivity (Wildman–Crippen MR) is 263 cm³/mol. The minimum Gasteiger partial charge on any atom is -0.486 e. The van der Waals surface area contributed by atoms with Crippen molar-refractivity contribution in [3.05, 3.63) is 168 Å². The van der Waals surface area contributed by atoms with Gasteiger partial charge >= 0.3 is 150 Å². The zero-order valence-corrected chi connectivity index (χ0v) is 41.8. The monoisotopic (exact) mass is 1080 g/mol. The number of furan rings is 1. The fourth-order valence-corrected chi connectivity index (χ4v) is 12.5. The van der Waals surface area contributed by atoms with Gasteiger partial charge in [-0.2, -0.15) is 0 Å². The summed E-state index contributed by atoms with van der Waals surface area (Å²) in [4.78, 5) is 19.6. The number of pyridine rings is 3. The van der Waals surface area contributed by atoms with E-state index in [1.54, 1.807) is 4.40 Å². The van der Waals surface area contributed by atoms with Gasteiger partial charge < -0.3 is 8.98 Å². The Bertz CT molecular complexity index is 3300. The van der Waals surface area contributed by atoms with Crippen LogP contribution < -0.4 is 4.40 Å². The summed E-state index contributed by atoms with van der Waals surface area (Å²) in [6.07, 6.45) is 8.40. The molecule has 1 aliphatic carbocycles. The number of aromatic nitrogens is 5. The first-order chi connectivity index (χ1) is 30.6. The van der Waals surface area contributed by atoms with Gasteiger partial charge in [0.15, 0.2) is 0 Å². The molecule has 64 heavy (non-hydrogen) atoms. The number of imidazole rings is 1. The van der Waals surface area contributed by atoms with Crippen molar-refractivity contribution in [2.45, 2.75) is 70.1 Å². The van der Waals surface area contributed by atoms with Crippen molar-refractivity contribution in [3.8, 4) is 39.6 Å². The van der Waals surface area contributed by atoms with Crippen LogP contribution in [-0.4, -0.2) is 37.8 Å². The third-order valence-electron chi connectivity index (χ3n) is 12.2. The van der Waals surface area contributed by atoms with Crippen molar-refractivity contribution in [1.82, 2.24) is 24.5 Å². The number of hydrogen-bond donors (Lipinski definition) is 0. The van der Waals surface area contributed by atoms with Gasteiger partial charge in [0, 0.05) is 47.8 Å². The third kappa shape index (κ3) is 8.49. The van der Waals surface area contributed by atoms with Crippen LogP contribution in [0.15, 0.2) is 138 Å². The number of aryl methyl sites for hydroxylation is 3. The van der Waals surface area contributed by atoms with Crippen LogP contribution in [0.2, 0.25) is 17.3 Å². The maximum absolute atomic E-state index is 6.48. The first-order valence-corrected chi connectivity index (χ1v) is 29.6. The van der Waals surface area contributed by atoms with E-state index in [9.17, 15) is 0 Å². The topological polar surface area (TPSA) is 69.6 Å². The maximum Gasteiger partial charge on any atom is 0.216 e. The summed E-state index contributed by atoms with van der Waals surface area (Å²) in [6.45, 7) is 6.63. The summed E-state index contributed by atoms with van der Waals surface area (Å²) >= 11 is -1.89. The van der Waals surface area contributed by atoms with Crippen LogP contribution in [0.3, 0.4) is 0 Å². The van der Waals surface area contributed by atoms with Gasteiger partial charge in [0.25, 0.3) is 0 Å². The van der Waals surface area contributed by atoms with E-state index in [-0.39, 0.29) is 20.1 Å². The number of rotatable bonds is 7. The molecule has 11 rings (SSSR count). The van der Waals surface area contributed by atoms with Crippen molar-refractivity contribution < 1.29 is 24.5 Å². The molecular weight excluding hydrogens is 1020 g/mol. The molecule has 5 aromatic heterocycles. The van der Waals surface area contributed by atoms with Gasteiger partial charge in [0.1, 0.15) is 0 Å². The molecule has 8 heteroatoms. The Kier molecular flexibility index (Phi) is 12.3. The molecule has 0 amide bonds. The quantitative estimate of drug-likeness (QED) is 0.117. The van der Waals surface area contributed by atoms with Crippen molar-refractivity contribution in [2.75, 3.05) is 0 Å². The van der Waals surface area contributed by atoms with Crippen LogP contribution in [0, 0.1) is 25.0 Å². The molecule has 0 unspecified atom stereocenters. The molecule has 1 radical (unpaired) electrons. The minimum atomic E-state index is -1.89. The van der Waals surface area contributed by atoms with E-state index >= 15 is 0 Å². The molecule has 0 atom stereocenters. The minimum absolute atomic E-state index is 0. The number of para-hydroxylation sites is 1. The largest absolute Gasteiger partial charge is 0.486 e. The third-order valence-corrected chi connectivity index (χ3v) is 16.5. The summed E-state index contributed by atoms with van der Waals surface area (Å²) in [5, 5.41) is 3.00. The number of hydrogen-bond acceptors (Lipinski definition) is 5. The molecule has 0 saturated heterocycles. The molecule has 1 aliphatic rings. The first kappa shape index (κ1) is 43.5. The molecule has 0 spiro atoms. The summed E-state index contributed by atoms with van der Waals surface area (Å²) in [5.74, 6) is 8.83. The predicted octanol–water partition coefficient (Wildman–Crippen LogP) is 13.5. The molecule has 0 bridgehead atoms. The second-order valence-electron chi connectivity index (χ2n) is 18.4. The number of nitrogens with zero attached hydrogens (tertiary/aromatic N) is 5. The number of fused-ring (bicyclic) bond motifs is 7. The molecule has 6 nitrogen and oxygen atoms in total. The molecule has 5 aromatic carbocycles. The Morgan fingerprint density at radius 3 is 2.22 bits per heavy atom. The van der Waals surface area contributed by atoms with E-state index in [1.807, 2.05) is 79.7 Å². The van der Waals surface area contributed by atoms with Crippen LogP contribution in [-0.2, 0) is 39.4 Å². The molecule has 10 aromatic rings. The number of benzene rings is 5. The van der Waals surface area contributed by atoms with Crippen LogP contribution in [0.1, 0.15) is 49.1 Å². The Balaban J connectivity index is 0.000000179. The standard InChI is InChI=1S/C34H21N4O.C22H30GeN.Ir/c1-21-15-16-26-29(35-21)19-20-30-31(26)38(23-11-6-3-7-12-23)33(36-30)27-14-8-13-24-25-17-18-28(22-9-4-2-5-10-22)37-34(25)39-32(24)27;1-16(2)12-20-14-22(24-15-21(20)23(3,4)5)19-11-10-17-8-6-7-9-18(17)13-19;/h2-13,15-20H,1H3;10,13-16H,6-9,12H2,1-5H3;/q2*-1;. The second-order valence-corrected chi connectivity index (χ2v) is 28.9. The Labute approximate surface area is 391 Å². The first-order valence-electron chi connectivity index (χ1n) is 22.3. The van der Waals surface area contributed by atoms with E-state index < -0.39 is 13.3 Å². The summed E-state index contributed by atoms with van der Waals surface area (Å²) in [6, 6.07) is 50.7. The van der Waals surface area contributed by atoms with E-state index in [2.05, 4.69) is 109 Å². The van der Waals surface area contributed by atoms with E-state index in [4.69, 9.17) is 24.4 Å². The molecular formula is C56H51GeIrN5O-2. The van der Waals surface area contributed by atoms with Gasteiger partial charge in [-0.25, -0.2) is 4.98 Å². The van der Waals surface area contributed by atoms with Crippen LogP contribution in [0.5, 0.6) is 0 Å². The van der Waals surface area contributed by atoms with Crippen molar-refractivity contribution >= 4 is 61.7 Å². The average Bonchev–Trinajstić information content (AvgIpc) is 3.88. The zero-order valence-electron chi connectivity index (χ0n) is 37.3. The van der Waals surface area contributed by atoms with Gasteiger partial charge in [-0.1, -0.05) is 59.5 Å². The Hall–Kier alpha value is -5.73. The van der Waals surface area contributed by atoms with E-state index in [1.165, 1.54) is 47.9 Å². The molecule has 5 heterocycles. The van der Waals surface area contributed by atoms with Gasteiger partial charge in [-0.05, 0) is 55.5 Å². The second kappa shape index (κ2) is 18.0. The van der Waals surface area contributed by atoms with Crippen molar-refractivity contribution in [3.63, 3.8) is 0 Å². The average molecular weight is 1070 g/mol. The summed E-state index contributed by atoms with van der Waals surface area (Å²) < 4.78 is 10.2.